The normalized spacial score (nSPS) is 10.8. The number of nitrogens with zero attached hydrogens (tertiary/aromatic N) is 3. The molecule has 16 heavy (non-hydrogen) atoms. The van der Waals surface area contributed by atoms with Gasteiger partial charge in [-0.3, -0.25) is 0 Å². The second kappa shape index (κ2) is 4.24. The number of hydrogen-bond acceptors (Lipinski definition) is 3. The molecule has 0 atom stereocenters. The number of aromatic nitrogens is 2. The van der Waals surface area contributed by atoms with Crippen LogP contribution in [0.15, 0.2) is 12.1 Å². The van der Waals surface area contributed by atoms with Crippen LogP contribution < -0.4 is 4.90 Å². The first-order valence-electron chi connectivity index (χ1n) is 4.49. The maximum atomic E-state index is 6.12. The van der Waals surface area contributed by atoms with Gasteiger partial charge < -0.3 is 4.90 Å². The summed E-state index contributed by atoms with van der Waals surface area (Å²) >= 11 is 18.0. The zero-order chi connectivity index (χ0) is 11.9. The zero-order valence-electron chi connectivity index (χ0n) is 8.63. The summed E-state index contributed by atoms with van der Waals surface area (Å²) in [6, 6.07) is 3.41. The highest BCUT2D eigenvalue weighted by Gasteiger charge is 2.14. The molecular weight excluding hydrogens is 268 g/mol. The molecule has 0 saturated heterocycles. The molecule has 2 rings (SSSR count). The minimum absolute atomic E-state index is 0.153. The summed E-state index contributed by atoms with van der Waals surface area (Å²) in [7, 11) is 3.71. The Hall–Kier alpha value is -0.770. The van der Waals surface area contributed by atoms with Crippen molar-refractivity contribution in [2.75, 3.05) is 19.0 Å². The van der Waals surface area contributed by atoms with Crippen molar-refractivity contribution >= 4 is 51.5 Å². The number of fused-ring (bicyclic) bond motifs is 1. The molecule has 1 aromatic carbocycles. The average molecular weight is 277 g/mol. The summed E-state index contributed by atoms with van der Waals surface area (Å²) < 4.78 is 0. The third-order valence-corrected chi connectivity index (χ3v) is 2.92. The summed E-state index contributed by atoms with van der Waals surface area (Å²) in [5.41, 5.74) is 0.567. The van der Waals surface area contributed by atoms with E-state index in [4.69, 9.17) is 34.8 Å². The van der Waals surface area contributed by atoms with Crippen LogP contribution in [0.2, 0.25) is 15.3 Å². The Bertz CT molecular complexity index is 554. The summed E-state index contributed by atoms with van der Waals surface area (Å²) in [5, 5.41) is 1.93. The Morgan fingerprint density at radius 1 is 1.00 bits per heavy atom. The van der Waals surface area contributed by atoms with Gasteiger partial charge in [0.15, 0.2) is 0 Å². The molecule has 0 aliphatic heterocycles. The van der Waals surface area contributed by atoms with Gasteiger partial charge in [0.05, 0.1) is 20.9 Å². The van der Waals surface area contributed by atoms with Crippen molar-refractivity contribution in [1.82, 2.24) is 9.97 Å². The van der Waals surface area contributed by atoms with Crippen LogP contribution in [0.3, 0.4) is 0 Å². The molecule has 0 aliphatic rings. The monoisotopic (exact) mass is 275 g/mol. The molecular formula is C10H8Cl3N3. The van der Waals surface area contributed by atoms with Gasteiger partial charge in [-0.1, -0.05) is 23.2 Å². The van der Waals surface area contributed by atoms with Gasteiger partial charge in [0.25, 0.3) is 0 Å². The van der Waals surface area contributed by atoms with Gasteiger partial charge >= 0.3 is 0 Å². The smallest absolute Gasteiger partial charge is 0.224 e. The third kappa shape index (κ3) is 1.90. The molecule has 0 fully saturated rings. The third-order valence-electron chi connectivity index (χ3n) is 2.13. The summed E-state index contributed by atoms with van der Waals surface area (Å²) in [6.07, 6.45) is 0. The second-order valence-electron chi connectivity index (χ2n) is 3.46. The highest BCUT2D eigenvalue weighted by Crippen LogP contribution is 2.34. The van der Waals surface area contributed by atoms with Gasteiger partial charge in [-0.05, 0) is 23.7 Å². The Morgan fingerprint density at radius 3 is 2.25 bits per heavy atom. The first-order chi connectivity index (χ1) is 7.50. The lowest BCUT2D eigenvalue weighted by molar-refractivity contribution is 1.06. The molecule has 0 spiro atoms. The Kier molecular flexibility index (Phi) is 3.10. The molecule has 0 bridgehead atoms. The largest absolute Gasteiger partial charge is 0.362 e. The van der Waals surface area contributed by atoms with E-state index in [-0.39, 0.29) is 5.28 Å². The van der Waals surface area contributed by atoms with Crippen LogP contribution in [0.25, 0.3) is 10.9 Å². The van der Waals surface area contributed by atoms with Crippen molar-refractivity contribution in [3.05, 3.63) is 27.5 Å². The molecule has 0 N–H and O–H groups in total. The Labute approximate surface area is 108 Å². The van der Waals surface area contributed by atoms with Crippen molar-refractivity contribution in [2.24, 2.45) is 0 Å². The minimum atomic E-state index is 0.153. The maximum Gasteiger partial charge on any atom is 0.224 e. The number of rotatable bonds is 1. The fourth-order valence-electron chi connectivity index (χ4n) is 1.45. The van der Waals surface area contributed by atoms with Gasteiger partial charge in [-0.15, -0.1) is 0 Å². The Balaban J connectivity index is 2.95. The van der Waals surface area contributed by atoms with E-state index in [1.807, 2.05) is 19.0 Å². The Morgan fingerprint density at radius 2 is 1.62 bits per heavy atom. The van der Waals surface area contributed by atoms with E-state index in [0.717, 1.165) is 0 Å². The lowest BCUT2D eigenvalue weighted by atomic mass is 10.2. The van der Waals surface area contributed by atoms with Crippen LogP contribution >= 0.6 is 34.8 Å². The number of benzene rings is 1. The summed E-state index contributed by atoms with van der Waals surface area (Å²) in [4.78, 5) is 10.0. The van der Waals surface area contributed by atoms with E-state index in [9.17, 15) is 0 Å². The van der Waals surface area contributed by atoms with Gasteiger partial charge in [0.2, 0.25) is 5.28 Å². The van der Waals surface area contributed by atoms with Crippen molar-refractivity contribution in [3.8, 4) is 0 Å². The fraction of sp³-hybridized carbons (Fsp3) is 0.200. The topological polar surface area (TPSA) is 29.0 Å². The highest BCUT2D eigenvalue weighted by atomic mass is 35.5. The quantitative estimate of drug-likeness (QED) is 0.744. The van der Waals surface area contributed by atoms with Gasteiger partial charge in [0, 0.05) is 14.1 Å². The standard InChI is InChI=1S/C10H8Cl3N3/c1-16(2)9-7-5(11)3-4-6(12)8(7)14-10(13)15-9/h3-4H,1-2H3. The average Bonchev–Trinajstić information content (AvgIpc) is 2.22. The SMILES string of the molecule is CN(C)c1nc(Cl)nc2c(Cl)ccc(Cl)c12. The van der Waals surface area contributed by atoms with E-state index in [0.29, 0.717) is 26.8 Å². The van der Waals surface area contributed by atoms with Gasteiger partial charge in [-0.25, -0.2) is 4.98 Å². The van der Waals surface area contributed by atoms with E-state index < -0.39 is 0 Å². The molecule has 0 radical (unpaired) electrons. The van der Waals surface area contributed by atoms with Gasteiger partial charge in [0.1, 0.15) is 5.82 Å². The van der Waals surface area contributed by atoms with E-state index >= 15 is 0 Å². The van der Waals surface area contributed by atoms with Crippen LogP contribution in [0.4, 0.5) is 5.82 Å². The lowest BCUT2D eigenvalue weighted by Crippen LogP contribution is -2.12. The molecule has 2 aromatic rings. The van der Waals surface area contributed by atoms with Crippen molar-refractivity contribution in [1.29, 1.82) is 0 Å². The van der Waals surface area contributed by atoms with Crippen LogP contribution in [0, 0.1) is 0 Å². The first-order valence-corrected chi connectivity index (χ1v) is 5.62. The zero-order valence-corrected chi connectivity index (χ0v) is 10.9. The number of halogens is 3. The maximum absolute atomic E-state index is 6.12. The number of anilines is 1. The van der Waals surface area contributed by atoms with Crippen molar-refractivity contribution < 1.29 is 0 Å². The number of hydrogen-bond donors (Lipinski definition) is 0. The van der Waals surface area contributed by atoms with Crippen molar-refractivity contribution in [3.63, 3.8) is 0 Å². The second-order valence-corrected chi connectivity index (χ2v) is 4.62. The molecule has 84 valence electrons. The van der Waals surface area contributed by atoms with E-state index in [1.165, 1.54) is 0 Å². The molecule has 0 unspecified atom stereocenters. The van der Waals surface area contributed by atoms with E-state index in [2.05, 4.69) is 9.97 Å². The lowest BCUT2D eigenvalue weighted by Gasteiger charge is -2.15. The molecule has 6 heteroatoms. The molecule has 0 saturated carbocycles. The predicted octanol–water partition coefficient (Wildman–Crippen LogP) is 3.66. The molecule has 0 amide bonds. The predicted molar refractivity (Wildman–Crippen MR) is 68.9 cm³/mol. The molecule has 3 nitrogen and oxygen atoms in total. The van der Waals surface area contributed by atoms with Gasteiger partial charge in [-0.2, -0.15) is 4.98 Å². The molecule has 0 aliphatic carbocycles. The first kappa shape index (κ1) is 11.7. The molecule has 1 heterocycles. The fourth-order valence-corrected chi connectivity index (χ4v) is 2.05. The summed E-state index contributed by atoms with van der Waals surface area (Å²) in [6.45, 7) is 0. The van der Waals surface area contributed by atoms with Crippen LogP contribution in [-0.2, 0) is 0 Å². The summed E-state index contributed by atoms with van der Waals surface area (Å²) in [5.74, 6) is 0.655. The molecule has 1 aromatic heterocycles. The minimum Gasteiger partial charge on any atom is -0.362 e. The van der Waals surface area contributed by atoms with Crippen LogP contribution in [0.5, 0.6) is 0 Å². The van der Waals surface area contributed by atoms with E-state index in [1.54, 1.807) is 12.1 Å². The highest BCUT2D eigenvalue weighted by molar-refractivity contribution is 6.41. The van der Waals surface area contributed by atoms with Crippen molar-refractivity contribution in [2.45, 2.75) is 0 Å². The van der Waals surface area contributed by atoms with Crippen LogP contribution in [0.1, 0.15) is 0 Å². The van der Waals surface area contributed by atoms with Crippen LogP contribution in [-0.4, -0.2) is 24.1 Å².